The number of carbonyl (C=O) groups is 1. The number of rotatable bonds is 3. The van der Waals surface area contributed by atoms with Gasteiger partial charge in [0.1, 0.15) is 5.76 Å². The zero-order valence-corrected chi connectivity index (χ0v) is 11.1. The lowest BCUT2D eigenvalue weighted by atomic mass is 10.0. The van der Waals surface area contributed by atoms with E-state index in [1.165, 1.54) is 17.5 Å². The molecule has 1 aromatic carbocycles. The van der Waals surface area contributed by atoms with Crippen LogP contribution in [0.25, 0.3) is 0 Å². The molecule has 1 aliphatic rings. The molecular weight excluding hydrogens is 254 g/mol. The highest BCUT2D eigenvalue weighted by Crippen LogP contribution is 2.28. The Balaban J connectivity index is 1.86. The van der Waals surface area contributed by atoms with E-state index in [1.807, 2.05) is 6.07 Å². The SMILES string of the molecule is NNC(=O)c1ccoc1CN1CCCc2ccccc21. The molecule has 0 bridgehead atoms. The quantitative estimate of drug-likeness (QED) is 0.507. The average Bonchev–Trinajstić information content (AvgIpc) is 2.95. The van der Waals surface area contributed by atoms with E-state index >= 15 is 0 Å². The van der Waals surface area contributed by atoms with E-state index in [9.17, 15) is 4.79 Å². The van der Waals surface area contributed by atoms with Crippen LogP contribution in [-0.4, -0.2) is 12.5 Å². The first-order chi connectivity index (χ1) is 9.79. The molecule has 104 valence electrons. The molecule has 0 fully saturated rings. The number of hydrazine groups is 1. The van der Waals surface area contributed by atoms with Crippen LogP contribution in [0.5, 0.6) is 0 Å². The Kier molecular flexibility index (Phi) is 3.43. The molecular formula is C15H17N3O2. The molecule has 1 aliphatic heterocycles. The van der Waals surface area contributed by atoms with Crippen molar-refractivity contribution in [1.82, 2.24) is 5.43 Å². The number of nitrogen functional groups attached to an aromatic ring is 1. The second kappa shape index (κ2) is 5.38. The minimum Gasteiger partial charge on any atom is -0.467 e. The highest BCUT2D eigenvalue weighted by Gasteiger charge is 2.20. The van der Waals surface area contributed by atoms with E-state index in [1.54, 1.807) is 6.07 Å². The molecule has 5 nitrogen and oxygen atoms in total. The summed E-state index contributed by atoms with van der Waals surface area (Å²) in [5, 5.41) is 0. The third kappa shape index (κ3) is 2.28. The van der Waals surface area contributed by atoms with E-state index in [2.05, 4.69) is 28.5 Å². The number of aryl methyl sites for hydroxylation is 1. The predicted molar refractivity (Wildman–Crippen MR) is 76.2 cm³/mol. The second-order valence-electron chi connectivity index (χ2n) is 4.88. The van der Waals surface area contributed by atoms with Crippen LogP contribution in [0.4, 0.5) is 5.69 Å². The summed E-state index contributed by atoms with van der Waals surface area (Å²) in [6.45, 7) is 1.54. The summed E-state index contributed by atoms with van der Waals surface area (Å²) in [5.74, 6) is 5.51. The number of nitrogens with two attached hydrogens (primary N) is 1. The Morgan fingerprint density at radius 3 is 3.05 bits per heavy atom. The number of anilines is 1. The lowest BCUT2D eigenvalue weighted by molar-refractivity contribution is 0.0951. The van der Waals surface area contributed by atoms with Crippen molar-refractivity contribution in [3.8, 4) is 0 Å². The number of nitrogens with one attached hydrogen (secondary N) is 1. The van der Waals surface area contributed by atoms with Crippen molar-refractivity contribution in [3.63, 3.8) is 0 Å². The summed E-state index contributed by atoms with van der Waals surface area (Å²) in [7, 11) is 0. The second-order valence-corrected chi connectivity index (χ2v) is 4.88. The number of amides is 1. The normalized spacial score (nSPS) is 13.9. The molecule has 1 amide bonds. The molecule has 0 spiro atoms. The molecule has 3 N–H and O–H groups in total. The fourth-order valence-electron chi connectivity index (χ4n) is 2.69. The molecule has 3 rings (SSSR count). The number of fused-ring (bicyclic) bond motifs is 1. The Morgan fingerprint density at radius 2 is 2.20 bits per heavy atom. The summed E-state index contributed by atoms with van der Waals surface area (Å²) >= 11 is 0. The van der Waals surface area contributed by atoms with Gasteiger partial charge in [-0.3, -0.25) is 10.2 Å². The smallest absolute Gasteiger partial charge is 0.268 e. The number of carbonyl (C=O) groups excluding carboxylic acids is 1. The Labute approximate surface area is 117 Å². The maximum atomic E-state index is 11.7. The first-order valence-corrected chi connectivity index (χ1v) is 6.70. The minimum absolute atomic E-state index is 0.320. The van der Waals surface area contributed by atoms with Crippen molar-refractivity contribution in [2.45, 2.75) is 19.4 Å². The lowest BCUT2D eigenvalue weighted by Gasteiger charge is -2.30. The van der Waals surface area contributed by atoms with Gasteiger partial charge in [0, 0.05) is 12.2 Å². The summed E-state index contributed by atoms with van der Waals surface area (Å²) in [6, 6.07) is 10.00. The van der Waals surface area contributed by atoms with Crippen LogP contribution in [0, 0.1) is 0 Å². The number of para-hydroxylation sites is 1. The fourth-order valence-corrected chi connectivity index (χ4v) is 2.69. The third-order valence-corrected chi connectivity index (χ3v) is 3.66. The molecule has 2 aromatic rings. The van der Waals surface area contributed by atoms with Gasteiger partial charge in [0.05, 0.1) is 18.4 Å². The van der Waals surface area contributed by atoms with Crippen LogP contribution in [0.15, 0.2) is 41.0 Å². The summed E-state index contributed by atoms with van der Waals surface area (Å²) < 4.78 is 5.45. The van der Waals surface area contributed by atoms with Crippen LogP contribution < -0.4 is 16.2 Å². The van der Waals surface area contributed by atoms with Gasteiger partial charge >= 0.3 is 0 Å². The molecule has 5 heteroatoms. The van der Waals surface area contributed by atoms with Crippen molar-refractivity contribution in [2.24, 2.45) is 5.84 Å². The maximum Gasteiger partial charge on any atom is 0.268 e. The van der Waals surface area contributed by atoms with E-state index in [0.29, 0.717) is 17.9 Å². The molecule has 0 aliphatic carbocycles. The molecule has 0 unspecified atom stereocenters. The van der Waals surface area contributed by atoms with Crippen LogP contribution in [0.3, 0.4) is 0 Å². The van der Waals surface area contributed by atoms with Crippen LogP contribution >= 0.6 is 0 Å². The maximum absolute atomic E-state index is 11.7. The molecule has 20 heavy (non-hydrogen) atoms. The van der Waals surface area contributed by atoms with Gasteiger partial charge in [-0.15, -0.1) is 0 Å². The molecule has 0 atom stereocenters. The van der Waals surface area contributed by atoms with Crippen molar-refractivity contribution < 1.29 is 9.21 Å². The zero-order chi connectivity index (χ0) is 13.9. The predicted octanol–water partition coefficient (Wildman–Crippen LogP) is 1.84. The van der Waals surface area contributed by atoms with Gasteiger partial charge in [0.25, 0.3) is 5.91 Å². The monoisotopic (exact) mass is 271 g/mol. The molecule has 2 heterocycles. The van der Waals surface area contributed by atoms with Crippen molar-refractivity contribution in [2.75, 3.05) is 11.4 Å². The molecule has 1 aromatic heterocycles. The van der Waals surface area contributed by atoms with Gasteiger partial charge in [-0.25, -0.2) is 5.84 Å². The van der Waals surface area contributed by atoms with E-state index < -0.39 is 0 Å². The Hall–Kier alpha value is -2.27. The van der Waals surface area contributed by atoms with Crippen LogP contribution in [0.1, 0.15) is 28.1 Å². The van der Waals surface area contributed by atoms with E-state index in [4.69, 9.17) is 10.3 Å². The Morgan fingerprint density at radius 1 is 1.35 bits per heavy atom. The van der Waals surface area contributed by atoms with E-state index in [-0.39, 0.29) is 5.91 Å². The van der Waals surface area contributed by atoms with Crippen LogP contribution in [0.2, 0.25) is 0 Å². The van der Waals surface area contributed by atoms with E-state index in [0.717, 1.165) is 19.4 Å². The summed E-state index contributed by atoms with van der Waals surface area (Å²) in [6.07, 6.45) is 3.73. The summed E-state index contributed by atoms with van der Waals surface area (Å²) in [5.41, 5.74) is 5.20. The van der Waals surface area contributed by atoms with Crippen molar-refractivity contribution >= 4 is 11.6 Å². The largest absolute Gasteiger partial charge is 0.467 e. The van der Waals surface area contributed by atoms with Gasteiger partial charge in [-0.1, -0.05) is 18.2 Å². The fraction of sp³-hybridized carbons (Fsp3) is 0.267. The zero-order valence-electron chi connectivity index (χ0n) is 11.1. The molecule has 0 saturated heterocycles. The Bertz CT molecular complexity index is 621. The van der Waals surface area contributed by atoms with Gasteiger partial charge in [0.15, 0.2) is 0 Å². The summed E-state index contributed by atoms with van der Waals surface area (Å²) in [4.78, 5) is 13.9. The van der Waals surface area contributed by atoms with Gasteiger partial charge in [-0.05, 0) is 30.5 Å². The molecule has 0 radical (unpaired) electrons. The van der Waals surface area contributed by atoms with Crippen LogP contribution in [-0.2, 0) is 13.0 Å². The topological polar surface area (TPSA) is 71.5 Å². The minimum atomic E-state index is -0.320. The number of nitrogens with zero attached hydrogens (tertiary/aromatic N) is 1. The standard InChI is InChI=1S/C15H17N3O2/c16-17-15(19)12-7-9-20-14(12)10-18-8-3-5-11-4-1-2-6-13(11)18/h1-2,4,6-7,9H,3,5,8,10,16H2,(H,17,19). The average molecular weight is 271 g/mol. The number of hydrogen-bond donors (Lipinski definition) is 2. The third-order valence-electron chi connectivity index (χ3n) is 3.66. The number of benzene rings is 1. The van der Waals surface area contributed by atoms with Gasteiger partial charge in [-0.2, -0.15) is 0 Å². The number of furan rings is 1. The highest BCUT2D eigenvalue weighted by molar-refractivity contribution is 5.94. The first-order valence-electron chi connectivity index (χ1n) is 6.70. The van der Waals surface area contributed by atoms with Gasteiger partial charge < -0.3 is 9.32 Å². The number of hydrogen-bond acceptors (Lipinski definition) is 4. The lowest BCUT2D eigenvalue weighted by Crippen LogP contribution is -2.32. The first kappa shape index (κ1) is 12.7. The van der Waals surface area contributed by atoms with Gasteiger partial charge in [0.2, 0.25) is 0 Å². The van der Waals surface area contributed by atoms with Crippen molar-refractivity contribution in [1.29, 1.82) is 0 Å². The van der Waals surface area contributed by atoms with Crippen molar-refractivity contribution in [3.05, 3.63) is 53.5 Å². The molecule has 0 saturated carbocycles. The highest BCUT2D eigenvalue weighted by atomic mass is 16.3.